The Hall–Kier alpha value is -1.88. The van der Waals surface area contributed by atoms with E-state index in [0.29, 0.717) is 17.9 Å². The molecule has 1 aromatic heterocycles. The number of halogens is 1. The Morgan fingerprint density at radius 2 is 2.17 bits per heavy atom. The van der Waals surface area contributed by atoms with Crippen molar-refractivity contribution in [3.63, 3.8) is 0 Å². The van der Waals surface area contributed by atoms with Crippen molar-refractivity contribution in [2.24, 2.45) is 5.73 Å². The number of nitrogens with two attached hydrogens (primary N) is 1. The summed E-state index contributed by atoms with van der Waals surface area (Å²) in [6.07, 6.45) is 3.35. The van der Waals surface area contributed by atoms with Gasteiger partial charge in [0, 0.05) is 16.2 Å². The van der Waals surface area contributed by atoms with Crippen molar-refractivity contribution < 1.29 is 4.74 Å². The molecule has 92 valence electrons. The van der Waals surface area contributed by atoms with Crippen molar-refractivity contribution in [2.75, 3.05) is 0 Å². The summed E-state index contributed by atoms with van der Waals surface area (Å²) < 4.78 is 6.48. The maximum Gasteiger partial charge on any atom is 0.139 e. The lowest BCUT2D eigenvalue weighted by Gasteiger charge is -2.07. The van der Waals surface area contributed by atoms with Gasteiger partial charge >= 0.3 is 0 Å². The van der Waals surface area contributed by atoms with Crippen LogP contribution in [0.3, 0.4) is 0 Å². The van der Waals surface area contributed by atoms with Gasteiger partial charge in [-0.1, -0.05) is 18.2 Å². The van der Waals surface area contributed by atoms with Gasteiger partial charge in [0.25, 0.3) is 0 Å². The van der Waals surface area contributed by atoms with E-state index >= 15 is 0 Å². The molecule has 4 nitrogen and oxygen atoms in total. The summed E-state index contributed by atoms with van der Waals surface area (Å²) in [4.78, 5) is 4.02. The highest BCUT2D eigenvalue weighted by molar-refractivity contribution is 9.10. The third-order valence-electron chi connectivity index (χ3n) is 2.32. The van der Waals surface area contributed by atoms with Gasteiger partial charge in [0.1, 0.15) is 18.2 Å². The number of pyridine rings is 1. The van der Waals surface area contributed by atoms with Gasteiger partial charge in [-0.25, -0.2) is 0 Å². The Labute approximate surface area is 113 Å². The zero-order valence-electron chi connectivity index (χ0n) is 9.56. The second kappa shape index (κ2) is 5.64. The number of nitrogens with zero attached hydrogens (tertiary/aromatic N) is 1. The second-order valence-electron chi connectivity index (χ2n) is 3.74. The molecule has 0 amide bonds. The van der Waals surface area contributed by atoms with Gasteiger partial charge in [0.2, 0.25) is 0 Å². The summed E-state index contributed by atoms with van der Waals surface area (Å²) >= 11 is 3.33. The normalized spacial score (nSPS) is 10.1. The van der Waals surface area contributed by atoms with Gasteiger partial charge in [0.05, 0.1) is 6.20 Å². The Morgan fingerprint density at radius 1 is 1.33 bits per heavy atom. The molecule has 0 bridgehead atoms. The highest BCUT2D eigenvalue weighted by atomic mass is 79.9. The van der Waals surface area contributed by atoms with Gasteiger partial charge in [-0.15, -0.1) is 0 Å². The first-order valence-corrected chi connectivity index (χ1v) is 6.11. The summed E-state index contributed by atoms with van der Waals surface area (Å²) in [5.74, 6) is 0.749. The lowest BCUT2D eigenvalue weighted by atomic mass is 10.1. The molecule has 0 radical (unpaired) electrons. The van der Waals surface area contributed by atoms with E-state index in [1.165, 1.54) is 0 Å². The Kier molecular flexibility index (Phi) is 3.94. The van der Waals surface area contributed by atoms with Crippen LogP contribution in [0.1, 0.15) is 11.1 Å². The summed E-state index contributed by atoms with van der Waals surface area (Å²) in [7, 11) is 0. The monoisotopic (exact) mass is 305 g/mol. The van der Waals surface area contributed by atoms with Gasteiger partial charge in [-0.3, -0.25) is 10.4 Å². The van der Waals surface area contributed by atoms with E-state index in [2.05, 4.69) is 20.9 Å². The molecule has 0 aliphatic carbocycles. The molecule has 0 fully saturated rings. The van der Waals surface area contributed by atoms with Crippen molar-refractivity contribution in [1.29, 1.82) is 5.41 Å². The fraction of sp³-hybridized carbons (Fsp3) is 0.0769. The molecule has 0 spiro atoms. The van der Waals surface area contributed by atoms with Crippen LogP contribution >= 0.6 is 15.9 Å². The standard InChI is InChI=1S/C13H12BrN3O/c14-11-5-12(7-17-6-11)18-8-9-2-1-3-10(4-9)13(15)16/h1-7H,8H2,(H3,15,16). The summed E-state index contributed by atoms with van der Waals surface area (Å²) in [5.41, 5.74) is 7.09. The molecular weight excluding hydrogens is 294 g/mol. The minimum Gasteiger partial charge on any atom is -0.487 e. The summed E-state index contributed by atoms with van der Waals surface area (Å²) in [6.45, 7) is 0.416. The third kappa shape index (κ3) is 3.30. The molecule has 2 aromatic rings. The number of aromatic nitrogens is 1. The summed E-state index contributed by atoms with van der Waals surface area (Å²) in [5, 5.41) is 7.38. The minimum absolute atomic E-state index is 0.0565. The topological polar surface area (TPSA) is 72.0 Å². The van der Waals surface area contributed by atoms with Crippen LogP contribution in [-0.2, 0) is 6.61 Å². The fourth-order valence-corrected chi connectivity index (χ4v) is 1.81. The molecule has 2 rings (SSSR count). The number of nitrogen functional groups attached to an aromatic ring is 1. The maximum atomic E-state index is 7.38. The van der Waals surface area contributed by atoms with Crippen LogP contribution < -0.4 is 10.5 Å². The molecule has 0 saturated heterocycles. The number of hydrogen-bond acceptors (Lipinski definition) is 3. The minimum atomic E-state index is 0.0565. The molecule has 0 aliphatic rings. The van der Waals surface area contributed by atoms with Crippen molar-refractivity contribution in [3.05, 3.63) is 58.3 Å². The maximum absolute atomic E-state index is 7.38. The Morgan fingerprint density at radius 3 is 2.89 bits per heavy atom. The average Bonchev–Trinajstić information content (AvgIpc) is 2.37. The lowest BCUT2D eigenvalue weighted by molar-refractivity contribution is 0.305. The van der Waals surface area contributed by atoms with Crippen LogP contribution in [0.5, 0.6) is 5.75 Å². The largest absolute Gasteiger partial charge is 0.487 e. The van der Waals surface area contributed by atoms with E-state index in [1.54, 1.807) is 18.5 Å². The second-order valence-corrected chi connectivity index (χ2v) is 4.66. The SMILES string of the molecule is N=C(N)c1cccc(COc2cncc(Br)c2)c1. The van der Waals surface area contributed by atoms with Crippen molar-refractivity contribution in [2.45, 2.75) is 6.61 Å². The zero-order valence-corrected chi connectivity index (χ0v) is 11.1. The van der Waals surface area contributed by atoms with Crippen molar-refractivity contribution >= 4 is 21.8 Å². The number of hydrogen-bond donors (Lipinski definition) is 2. The predicted octanol–water partition coefficient (Wildman–Crippen LogP) is 2.71. The molecular formula is C13H12BrN3O. The molecule has 18 heavy (non-hydrogen) atoms. The van der Waals surface area contributed by atoms with E-state index in [-0.39, 0.29) is 5.84 Å². The number of rotatable bonds is 4. The molecule has 1 aromatic carbocycles. The van der Waals surface area contributed by atoms with Crippen molar-refractivity contribution in [1.82, 2.24) is 4.98 Å². The van der Waals surface area contributed by atoms with E-state index in [4.69, 9.17) is 15.9 Å². The van der Waals surface area contributed by atoms with E-state index in [1.807, 2.05) is 24.3 Å². The number of ether oxygens (including phenoxy) is 1. The number of benzene rings is 1. The van der Waals surface area contributed by atoms with E-state index in [0.717, 1.165) is 10.0 Å². The quantitative estimate of drug-likeness (QED) is 0.674. The van der Waals surface area contributed by atoms with Crippen molar-refractivity contribution in [3.8, 4) is 5.75 Å². The van der Waals surface area contributed by atoms with Crippen LogP contribution in [0.15, 0.2) is 47.2 Å². The van der Waals surface area contributed by atoms with Gasteiger partial charge in [0.15, 0.2) is 0 Å². The predicted molar refractivity (Wildman–Crippen MR) is 73.7 cm³/mol. The van der Waals surface area contributed by atoms with Crippen LogP contribution in [0.2, 0.25) is 0 Å². The first kappa shape index (κ1) is 12.6. The Bertz CT molecular complexity index is 572. The molecule has 1 heterocycles. The van der Waals surface area contributed by atoms with E-state index in [9.17, 15) is 0 Å². The van der Waals surface area contributed by atoms with E-state index < -0.39 is 0 Å². The van der Waals surface area contributed by atoms with Gasteiger partial charge in [-0.2, -0.15) is 0 Å². The fourth-order valence-electron chi connectivity index (χ4n) is 1.47. The molecule has 0 unspecified atom stereocenters. The van der Waals surface area contributed by atoms with Crippen LogP contribution in [0.25, 0.3) is 0 Å². The highest BCUT2D eigenvalue weighted by Crippen LogP contribution is 2.17. The number of amidine groups is 1. The molecule has 0 saturated carbocycles. The smallest absolute Gasteiger partial charge is 0.139 e. The lowest BCUT2D eigenvalue weighted by Crippen LogP contribution is -2.11. The average molecular weight is 306 g/mol. The van der Waals surface area contributed by atoms with Crippen LogP contribution in [0.4, 0.5) is 0 Å². The molecule has 0 aliphatic heterocycles. The number of nitrogens with one attached hydrogen (secondary N) is 1. The summed E-state index contributed by atoms with van der Waals surface area (Å²) in [6, 6.07) is 9.27. The zero-order chi connectivity index (χ0) is 13.0. The Balaban J connectivity index is 2.06. The van der Waals surface area contributed by atoms with Crippen LogP contribution in [0, 0.1) is 5.41 Å². The molecule has 3 N–H and O–H groups in total. The first-order chi connectivity index (χ1) is 8.65. The van der Waals surface area contributed by atoms with Gasteiger partial charge < -0.3 is 10.5 Å². The van der Waals surface area contributed by atoms with Crippen LogP contribution in [-0.4, -0.2) is 10.8 Å². The van der Waals surface area contributed by atoms with Gasteiger partial charge in [-0.05, 0) is 33.6 Å². The molecule has 5 heteroatoms. The first-order valence-electron chi connectivity index (χ1n) is 5.32. The highest BCUT2D eigenvalue weighted by Gasteiger charge is 2.00. The molecule has 0 atom stereocenters. The third-order valence-corrected chi connectivity index (χ3v) is 2.76.